The average molecular weight is 359 g/mol. The Bertz CT molecular complexity index is 606. The number of unbranched alkanes of at least 4 members (excludes halogenated alkanes) is 1. The van der Waals surface area contributed by atoms with Crippen LogP contribution in [0.3, 0.4) is 0 Å². The zero-order valence-corrected chi connectivity index (χ0v) is 14.2. The van der Waals surface area contributed by atoms with Crippen LogP contribution in [0.25, 0.3) is 0 Å². The van der Waals surface area contributed by atoms with Gasteiger partial charge in [0, 0.05) is 29.2 Å². The molecule has 0 radical (unpaired) electrons. The Hall–Kier alpha value is -1.30. The number of nitrogens with zero attached hydrogens (tertiary/aromatic N) is 1. The van der Waals surface area contributed by atoms with Gasteiger partial charge in [-0.05, 0) is 31.4 Å². The molecule has 1 N–H and O–H groups in total. The number of halogens is 2. The van der Waals surface area contributed by atoms with Gasteiger partial charge in [0.15, 0.2) is 6.61 Å². The summed E-state index contributed by atoms with van der Waals surface area (Å²) >= 11 is 13.5. The molecule has 0 atom stereocenters. The molecule has 0 saturated carbocycles. The lowest BCUT2D eigenvalue weighted by molar-refractivity contribution is -0.123. The molecule has 22 heavy (non-hydrogen) atoms. The third kappa shape index (κ3) is 5.83. The Balaban J connectivity index is 1.60. The monoisotopic (exact) mass is 358 g/mol. The molecule has 0 spiro atoms. The molecule has 0 aliphatic heterocycles. The number of aromatic nitrogens is 1. The lowest BCUT2D eigenvalue weighted by atomic mass is 10.2. The fraction of sp³-hybridized carbons (Fsp3) is 0.333. The van der Waals surface area contributed by atoms with Gasteiger partial charge in [-0.1, -0.05) is 23.2 Å². The van der Waals surface area contributed by atoms with Crippen LogP contribution in [-0.2, 0) is 11.2 Å². The van der Waals surface area contributed by atoms with Crippen LogP contribution < -0.4 is 10.1 Å². The van der Waals surface area contributed by atoms with Crippen LogP contribution in [0.2, 0.25) is 10.0 Å². The van der Waals surface area contributed by atoms with Crippen LogP contribution in [0.5, 0.6) is 5.75 Å². The second-order valence-corrected chi connectivity index (χ2v) is 6.42. The molecule has 0 aliphatic rings. The number of carbonyl (C=O) groups excluding carboxylic acids is 1. The van der Waals surface area contributed by atoms with Crippen molar-refractivity contribution >= 4 is 40.4 Å². The van der Waals surface area contributed by atoms with Crippen molar-refractivity contribution in [3.63, 3.8) is 0 Å². The second kappa shape index (κ2) is 8.98. The molecule has 2 rings (SSSR count). The number of amides is 1. The predicted molar refractivity (Wildman–Crippen MR) is 90.0 cm³/mol. The molecule has 0 unspecified atom stereocenters. The number of carbonyl (C=O) groups is 1. The topological polar surface area (TPSA) is 51.2 Å². The summed E-state index contributed by atoms with van der Waals surface area (Å²) < 4.78 is 5.36. The molecule has 2 aromatic rings. The minimum absolute atomic E-state index is 0.0768. The molecule has 0 aliphatic carbocycles. The molecule has 118 valence electrons. The number of aryl methyl sites for hydroxylation is 1. The minimum atomic E-state index is -0.176. The fourth-order valence-electron chi connectivity index (χ4n) is 1.79. The van der Waals surface area contributed by atoms with E-state index in [4.69, 9.17) is 27.9 Å². The third-order valence-corrected chi connectivity index (χ3v) is 4.26. The lowest BCUT2D eigenvalue weighted by Gasteiger charge is -2.09. The van der Waals surface area contributed by atoms with E-state index in [1.807, 2.05) is 5.38 Å². The van der Waals surface area contributed by atoms with Gasteiger partial charge in [0.2, 0.25) is 0 Å². The minimum Gasteiger partial charge on any atom is -0.482 e. The van der Waals surface area contributed by atoms with Crippen molar-refractivity contribution in [3.8, 4) is 5.75 Å². The van der Waals surface area contributed by atoms with Crippen LogP contribution in [0, 0.1) is 0 Å². The summed E-state index contributed by atoms with van der Waals surface area (Å²) in [4.78, 5) is 15.9. The Kier molecular flexibility index (Phi) is 6.96. The Morgan fingerprint density at radius 2 is 2.18 bits per heavy atom. The maximum absolute atomic E-state index is 11.7. The summed E-state index contributed by atoms with van der Waals surface area (Å²) in [6.45, 7) is 0.545. The summed E-state index contributed by atoms with van der Waals surface area (Å²) in [6, 6.07) is 4.89. The van der Waals surface area contributed by atoms with Crippen LogP contribution in [0.1, 0.15) is 17.8 Å². The summed E-state index contributed by atoms with van der Waals surface area (Å²) in [6.07, 6.45) is 4.65. The molecular formula is C15H16Cl2N2O2S. The van der Waals surface area contributed by atoms with Gasteiger partial charge in [0.05, 0.1) is 10.0 Å². The van der Waals surface area contributed by atoms with Crippen molar-refractivity contribution in [2.75, 3.05) is 13.2 Å². The molecule has 1 heterocycles. The van der Waals surface area contributed by atoms with Crippen molar-refractivity contribution in [3.05, 3.63) is 44.8 Å². The van der Waals surface area contributed by atoms with Crippen LogP contribution in [0.15, 0.2) is 29.8 Å². The molecule has 0 fully saturated rings. The molecule has 7 heteroatoms. The highest BCUT2D eigenvalue weighted by molar-refractivity contribution is 7.09. The first-order chi connectivity index (χ1) is 10.6. The zero-order chi connectivity index (χ0) is 15.8. The maximum atomic E-state index is 11.7. The van der Waals surface area contributed by atoms with E-state index in [1.54, 1.807) is 35.7 Å². The van der Waals surface area contributed by atoms with Crippen molar-refractivity contribution in [2.24, 2.45) is 0 Å². The first-order valence-electron chi connectivity index (χ1n) is 6.88. The standard InChI is InChI=1S/C15H16Cl2N2O2S/c16-11-4-5-12(17)13(9-11)21-10-14(20)18-6-2-1-3-15-19-7-8-22-15/h4-5,7-9H,1-3,6,10H2,(H,18,20). The Labute approximate surface area is 143 Å². The summed E-state index contributed by atoms with van der Waals surface area (Å²) in [5, 5.41) is 6.85. The van der Waals surface area contributed by atoms with E-state index in [0.29, 0.717) is 22.3 Å². The number of hydrogen-bond donors (Lipinski definition) is 1. The van der Waals surface area contributed by atoms with Gasteiger partial charge >= 0.3 is 0 Å². The largest absolute Gasteiger partial charge is 0.482 e. The number of nitrogens with one attached hydrogen (secondary N) is 1. The van der Waals surface area contributed by atoms with Gasteiger partial charge in [-0.25, -0.2) is 4.98 Å². The van der Waals surface area contributed by atoms with E-state index in [1.165, 1.54) is 0 Å². The molecule has 0 saturated heterocycles. The van der Waals surface area contributed by atoms with Gasteiger partial charge in [0.1, 0.15) is 5.75 Å². The highest BCUT2D eigenvalue weighted by atomic mass is 35.5. The summed E-state index contributed by atoms with van der Waals surface area (Å²) in [5.41, 5.74) is 0. The third-order valence-electron chi connectivity index (χ3n) is 2.88. The molecule has 0 bridgehead atoms. The van der Waals surface area contributed by atoms with Gasteiger partial charge in [-0.2, -0.15) is 0 Å². The maximum Gasteiger partial charge on any atom is 0.257 e. The smallest absolute Gasteiger partial charge is 0.257 e. The van der Waals surface area contributed by atoms with Gasteiger partial charge in [-0.15, -0.1) is 11.3 Å². The van der Waals surface area contributed by atoms with Crippen LogP contribution >= 0.6 is 34.5 Å². The lowest BCUT2D eigenvalue weighted by Crippen LogP contribution is -2.29. The first-order valence-corrected chi connectivity index (χ1v) is 8.51. The highest BCUT2D eigenvalue weighted by Gasteiger charge is 2.06. The first kappa shape index (κ1) is 17.1. The molecular weight excluding hydrogens is 343 g/mol. The van der Waals surface area contributed by atoms with Gasteiger partial charge in [-0.3, -0.25) is 4.79 Å². The van der Waals surface area contributed by atoms with Crippen LogP contribution in [0.4, 0.5) is 0 Å². The molecule has 1 aromatic heterocycles. The SMILES string of the molecule is O=C(COc1cc(Cl)ccc1Cl)NCCCCc1nccs1. The highest BCUT2D eigenvalue weighted by Crippen LogP contribution is 2.27. The average Bonchev–Trinajstić information content (AvgIpc) is 3.01. The van der Waals surface area contributed by atoms with E-state index in [2.05, 4.69) is 10.3 Å². The van der Waals surface area contributed by atoms with E-state index >= 15 is 0 Å². The van der Waals surface area contributed by atoms with Crippen molar-refractivity contribution in [1.82, 2.24) is 10.3 Å². The Morgan fingerprint density at radius 3 is 2.95 bits per heavy atom. The number of ether oxygens (including phenoxy) is 1. The number of thiazole rings is 1. The van der Waals surface area contributed by atoms with Crippen molar-refractivity contribution in [2.45, 2.75) is 19.3 Å². The van der Waals surface area contributed by atoms with E-state index in [0.717, 1.165) is 24.3 Å². The summed E-state index contributed by atoms with van der Waals surface area (Å²) in [7, 11) is 0. The zero-order valence-electron chi connectivity index (χ0n) is 11.9. The van der Waals surface area contributed by atoms with E-state index in [9.17, 15) is 4.79 Å². The number of hydrogen-bond acceptors (Lipinski definition) is 4. The van der Waals surface area contributed by atoms with Crippen LogP contribution in [-0.4, -0.2) is 24.0 Å². The molecule has 1 aromatic carbocycles. The van der Waals surface area contributed by atoms with E-state index < -0.39 is 0 Å². The van der Waals surface area contributed by atoms with Gasteiger partial charge < -0.3 is 10.1 Å². The second-order valence-electron chi connectivity index (χ2n) is 4.60. The predicted octanol–water partition coefficient (Wildman–Crippen LogP) is 3.97. The normalized spacial score (nSPS) is 10.5. The van der Waals surface area contributed by atoms with E-state index in [-0.39, 0.29) is 12.5 Å². The van der Waals surface area contributed by atoms with Gasteiger partial charge in [0.25, 0.3) is 5.91 Å². The number of benzene rings is 1. The number of rotatable bonds is 8. The molecule has 1 amide bonds. The Morgan fingerprint density at radius 1 is 1.32 bits per heavy atom. The molecule has 4 nitrogen and oxygen atoms in total. The van der Waals surface area contributed by atoms with Crippen molar-refractivity contribution < 1.29 is 9.53 Å². The fourth-order valence-corrected chi connectivity index (χ4v) is 2.78. The van der Waals surface area contributed by atoms with Crippen molar-refractivity contribution in [1.29, 1.82) is 0 Å². The quantitative estimate of drug-likeness (QED) is 0.726. The summed E-state index contributed by atoms with van der Waals surface area (Å²) in [5.74, 6) is 0.235.